The maximum Gasteiger partial charge on any atom is 0.419 e. The minimum absolute atomic E-state index is 0.379. The number of unbranched alkanes of at least 4 members (excludes halogenated alkanes) is 1. The standard InChI is InChI=1S/C24H29ClN2O3/c1-3-14-26(2)15-4-5-17-29-22-12-13-23-19(18-22)7-6-16-27(23)24(28)30-21-10-8-20(25)9-11-21/h3,8-13,18H,1,4-7,14-17H2,2H3. The van der Waals surface area contributed by atoms with Gasteiger partial charge in [0.25, 0.3) is 0 Å². The molecule has 30 heavy (non-hydrogen) atoms. The molecule has 0 fully saturated rings. The molecule has 2 aromatic carbocycles. The van der Waals surface area contributed by atoms with Crippen molar-refractivity contribution < 1.29 is 14.3 Å². The van der Waals surface area contributed by atoms with E-state index in [1.165, 1.54) is 0 Å². The van der Waals surface area contributed by atoms with Gasteiger partial charge in [-0.05, 0) is 87.3 Å². The predicted molar refractivity (Wildman–Crippen MR) is 122 cm³/mol. The Morgan fingerprint density at radius 2 is 1.97 bits per heavy atom. The summed E-state index contributed by atoms with van der Waals surface area (Å²) in [7, 11) is 2.09. The summed E-state index contributed by atoms with van der Waals surface area (Å²) in [6, 6.07) is 12.7. The van der Waals surface area contributed by atoms with Gasteiger partial charge in [-0.2, -0.15) is 0 Å². The van der Waals surface area contributed by atoms with E-state index in [0.717, 1.165) is 55.8 Å². The first-order chi connectivity index (χ1) is 14.6. The number of nitrogens with zero attached hydrogens (tertiary/aromatic N) is 2. The van der Waals surface area contributed by atoms with Gasteiger partial charge in [0.15, 0.2) is 0 Å². The molecule has 0 atom stereocenters. The fourth-order valence-electron chi connectivity index (χ4n) is 3.50. The van der Waals surface area contributed by atoms with Gasteiger partial charge in [0.2, 0.25) is 0 Å². The van der Waals surface area contributed by atoms with Crippen LogP contribution in [0.4, 0.5) is 10.5 Å². The molecule has 0 saturated carbocycles. The van der Waals surface area contributed by atoms with Gasteiger partial charge in [0, 0.05) is 18.1 Å². The number of carbonyl (C=O) groups is 1. The molecule has 0 spiro atoms. The number of ether oxygens (including phenoxy) is 2. The summed E-state index contributed by atoms with van der Waals surface area (Å²) in [6.45, 7) is 7.01. The lowest BCUT2D eigenvalue weighted by Gasteiger charge is -2.29. The Morgan fingerprint density at radius 1 is 1.20 bits per heavy atom. The Labute approximate surface area is 183 Å². The van der Waals surface area contributed by atoms with Crippen LogP contribution in [-0.4, -0.2) is 44.3 Å². The van der Waals surface area contributed by atoms with Gasteiger partial charge >= 0.3 is 6.09 Å². The lowest BCUT2D eigenvalue weighted by molar-refractivity contribution is 0.207. The van der Waals surface area contributed by atoms with E-state index in [-0.39, 0.29) is 6.09 Å². The molecular formula is C24H29ClN2O3. The fourth-order valence-corrected chi connectivity index (χ4v) is 3.62. The van der Waals surface area contributed by atoms with Crippen molar-refractivity contribution in [2.75, 3.05) is 38.2 Å². The van der Waals surface area contributed by atoms with Crippen LogP contribution in [0.1, 0.15) is 24.8 Å². The number of rotatable bonds is 9. The Morgan fingerprint density at radius 3 is 2.73 bits per heavy atom. The molecule has 2 aromatic rings. The highest BCUT2D eigenvalue weighted by atomic mass is 35.5. The number of aryl methyl sites for hydroxylation is 1. The van der Waals surface area contributed by atoms with Crippen molar-refractivity contribution in [3.63, 3.8) is 0 Å². The maximum absolute atomic E-state index is 12.7. The summed E-state index contributed by atoms with van der Waals surface area (Å²) in [5.74, 6) is 1.33. The van der Waals surface area contributed by atoms with Crippen LogP contribution in [0.15, 0.2) is 55.1 Å². The van der Waals surface area contributed by atoms with Gasteiger partial charge in [-0.3, -0.25) is 4.90 Å². The molecule has 0 saturated heterocycles. The van der Waals surface area contributed by atoms with Crippen LogP contribution < -0.4 is 14.4 Å². The molecule has 3 rings (SSSR count). The minimum Gasteiger partial charge on any atom is -0.494 e. The van der Waals surface area contributed by atoms with E-state index in [2.05, 4.69) is 18.5 Å². The number of amides is 1. The van der Waals surface area contributed by atoms with E-state index in [4.69, 9.17) is 21.1 Å². The average Bonchev–Trinajstić information content (AvgIpc) is 2.74. The summed E-state index contributed by atoms with van der Waals surface area (Å²) in [5, 5.41) is 0.606. The Balaban J connectivity index is 1.54. The molecule has 1 amide bonds. The molecule has 1 aliphatic heterocycles. The van der Waals surface area contributed by atoms with Gasteiger partial charge < -0.3 is 14.4 Å². The molecular weight excluding hydrogens is 400 g/mol. The van der Waals surface area contributed by atoms with Crippen LogP contribution in [0.5, 0.6) is 11.5 Å². The highest BCUT2D eigenvalue weighted by molar-refractivity contribution is 6.30. The van der Waals surface area contributed by atoms with Crippen molar-refractivity contribution in [2.45, 2.75) is 25.7 Å². The van der Waals surface area contributed by atoms with E-state index in [1.54, 1.807) is 29.2 Å². The lowest BCUT2D eigenvalue weighted by atomic mass is 10.0. The first-order valence-corrected chi connectivity index (χ1v) is 10.7. The molecule has 0 aliphatic carbocycles. The number of benzene rings is 2. The smallest absolute Gasteiger partial charge is 0.419 e. The molecule has 6 heteroatoms. The molecule has 1 heterocycles. The number of carbonyl (C=O) groups excluding carboxylic acids is 1. The summed E-state index contributed by atoms with van der Waals surface area (Å²) < 4.78 is 11.4. The molecule has 160 valence electrons. The minimum atomic E-state index is -0.379. The van der Waals surface area contributed by atoms with Crippen molar-refractivity contribution in [1.82, 2.24) is 4.90 Å². The average molecular weight is 429 g/mol. The van der Waals surface area contributed by atoms with Crippen molar-refractivity contribution in [3.05, 3.63) is 65.7 Å². The maximum atomic E-state index is 12.7. The van der Waals surface area contributed by atoms with Gasteiger partial charge in [0.1, 0.15) is 11.5 Å². The number of anilines is 1. The summed E-state index contributed by atoms with van der Waals surface area (Å²) in [5.41, 5.74) is 2.00. The van der Waals surface area contributed by atoms with E-state index < -0.39 is 0 Å². The molecule has 0 unspecified atom stereocenters. The van der Waals surface area contributed by atoms with Crippen molar-refractivity contribution in [1.29, 1.82) is 0 Å². The molecule has 0 N–H and O–H groups in total. The third-order valence-electron chi connectivity index (χ3n) is 5.05. The van der Waals surface area contributed by atoms with E-state index in [0.29, 0.717) is 23.9 Å². The molecule has 0 radical (unpaired) electrons. The van der Waals surface area contributed by atoms with Crippen LogP contribution in [0.25, 0.3) is 0 Å². The van der Waals surface area contributed by atoms with Crippen LogP contribution in [0.3, 0.4) is 0 Å². The number of halogens is 1. The van der Waals surface area contributed by atoms with Gasteiger partial charge in [-0.25, -0.2) is 4.79 Å². The normalized spacial score (nSPS) is 13.1. The van der Waals surface area contributed by atoms with Crippen LogP contribution in [-0.2, 0) is 6.42 Å². The number of likely N-dealkylation sites (N-methyl/N-ethyl adjacent to an activating group) is 1. The predicted octanol–water partition coefficient (Wildman–Crippen LogP) is 5.57. The first kappa shape index (κ1) is 22.2. The second kappa shape index (κ2) is 11.0. The number of hydrogen-bond donors (Lipinski definition) is 0. The fraction of sp³-hybridized carbons (Fsp3) is 0.375. The van der Waals surface area contributed by atoms with E-state index in [1.807, 2.05) is 24.3 Å². The highest BCUT2D eigenvalue weighted by Gasteiger charge is 2.24. The summed E-state index contributed by atoms with van der Waals surface area (Å²) in [4.78, 5) is 16.6. The van der Waals surface area contributed by atoms with E-state index >= 15 is 0 Å². The molecule has 0 aromatic heterocycles. The zero-order valence-electron chi connectivity index (χ0n) is 17.5. The summed E-state index contributed by atoms with van der Waals surface area (Å²) >= 11 is 5.89. The number of fused-ring (bicyclic) bond motifs is 1. The monoisotopic (exact) mass is 428 g/mol. The van der Waals surface area contributed by atoms with Gasteiger partial charge in [0.05, 0.1) is 12.3 Å². The Hall–Kier alpha value is -2.50. The number of hydrogen-bond acceptors (Lipinski definition) is 4. The van der Waals surface area contributed by atoms with Crippen molar-refractivity contribution in [2.24, 2.45) is 0 Å². The van der Waals surface area contributed by atoms with E-state index in [9.17, 15) is 4.79 Å². The topological polar surface area (TPSA) is 42.0 Å². The SMILES string of the molecule is C=CCN(C)CCCCOc1ccc2c(c1)CCCN2C(=O)Oc1ccc(Cl)cc1. The second-order valence-electron chi connectivity index (χ2n) is 7.47. The lowest BCUT2D eigenvalue weighted by Crippen LogP contribution is -2.37. The molecule has 1 aliphatic rings. The van der Waals surface area contributed by atoms with Crippen molar-refractivity contribution >= 4 is 23.4 Å². The third kappa shape index (κ3) is 6.25. The second-order valence-corrected chi connectivity index (χ2v) is 7.91. The zero-order valence-corrected chi connectivity index (χ0v) is 18.2. The third-order valence-corrected chi connectivity index (χ3v) is 5.30. The molecule has 0 bridgehead atoms. The van der Waals surface area contributed by atoms with Gasteiger partial charge in [-0.15, -0.1) is 6.58 Å². The highest BCUT2D eigenvalue weighted by Crippen LogP contribution is 2.31. The molecule has 5 nitrogen and oxygen atoms in total. The van der Waals surface area contributed by atoms with Gasteiger partial charge in [-0.1, -0.05) is 17.7 Å². The van der Waals surface area contributed by atoms with Crippen molar-refractivity contribution in [3.8, 4) is 11.5 Å². The quantitative estimate of drug-likeness (QED) is 0.387. The van der Waals surface area contributed by atoms with Crippen LogP contribution in [0.2, 0.25) is 5.02 Å². The van der Waals surface area contributed by atoms with Crippen LogP contribution >= 0.6 is 11.6 Å². The largest absolute Gasteiger partial charge is 0.494 e. The Bertz CT molecular complexity index is 854. The first-order valence-electron chi connectivity index (χ1n) is 10.4. The summed E-state index contributed by atoms with van der Waals surface area (Å²) in [6.07, 6.45) is 5.43. The zero-order chi connectivity index (χ0) is 21.3. The Kier molecular flexibility index (Phi) is 8.17. The van der Waals surface area contributed by atoms with Crippen LogP contribution in [0, 0.1) is 0 Å².